The van der Waals surface area contributed by atoms with Crippen LogP contribution in [0, 0.1) is 11.3 Å². The van der Waals surface area contributed by atoms with Crippen molar-refractivity contribution in [1.82, 2.24) is 4.90 Å². The quantitative estimate of drug-likeness (QED) is 0.475. The van der Waals surface area contributed by atoms with Crippen molar-refractivity contribution in [2.75, 3.05) is 19.6 Å². The molecule has 14 heavy (non-hydrogen) atoms. The third-order valence-corrected chi connectivity index (χ3v) is 3.13. The van der Waals surface area contributed by atoms with Crippen molar-refractivity contribution in [3.8, 4) is 0 Å². The number of ether oxygens (including phenoxy) is 1. The smallest absolute Gasteiger partial charge is 0.327 e. The van der Waals surface area contributed by atoms with Crippen LogP contribution in [0.5, 0.6) is 0 Å². The first-order chi connectivity index (χ1) is 6.47. The lowest BCUT2D eigenvalue weighted by Gasteiger charge is -2.24. The highest BCUT2D eigenvalue weighted by molar-refractivity contribution is 5.90. The van der Waals surface area contributed by atoms with Crippen molar-refractivity contribution in [1.29, 1.82) is 0 Å². The summed E-state index contributed by atoms with van der Waals surface area (Å²) in [6.07, 6.45) is 1.19. The molecule has 78 valence electrons. The van der Waals surface area contributed by atoms with Crippen LogP contribution in [0.25, 0.3) is 0 Å². The summed E-state index contributed by atoms with van der Waals surface area (Å²) in [6, 6.07) is 0. The zero-order valence-corrected chi connectivity index (χ0v) is 8.58. The molecule has 0 aromatic carbocycles. The molecule has 1 unspecified atom stereocenters. The Morgan fingerprint density at radius 1 is 1.36 bits per heavy atom. The van der Waals surface area contributed by atoms with Crippen molar-refractivity contribution in [3.05, 3.63) is 0 Å². The molecule has 1 atom stereocenters. The van der Waals surface area contributed by atoms with E-state index in [1.807, 2.05) is 4.90 Å². The highest BCUT2D eigenvalue weighted by Crippen LogP contribution is 2.51. The van der Waals surface area contributed by atoms with Gasteiger partial charge in [-0.3, -0.25) is 14.5 Å². The van der Waals surface area contributed by atoms with Crippen LogP contribution < -0.4 is 0 Å². The first-order valence-electron chi connectivity index (χ1n) is 4.93. The van der Waals surface area contributed by atoms with E-state index in [9.17, 15) is 9.59 Å². The predicted octanol–water partition coefficient (Wildman–Crippen LogP) is 0.418. The van der Waals surface area contributed by atoms with Crippen molar-refractivity contribution < 1.29 is 14.3 Å². The lowest BCUT2D eigenvalue weighted by Crippen LogP contribution is -2.43. The molecule has 2 aliphatic rings. The molecule has 0 bridgehead atoms. The standard InChI is InChI=1S/C10H15NO3/c1-10(2)3-7(10)4-11-5-8(12)14-9(13)6-11/h7H,3-6H2,1-2H3. The van der Waals surface area contributed by atoms with E-state index in [1.165, 1.54) is 6.42 Å². The maximum Gasteiger partial charge on any atom is 0.327 e. The summed E-state index contributed by atoms with van der Waals surface area (Å²) in [5, 5.41) is 0. The van der Waals surface area contributed by atoms with Gasteiger partial charge >= 0.3 is 11.9 Å². The minimum atomic E-state index is -0.417. The predicted molar refractivity (Wildman–Crippen MR) is 49.4 cm³/mol. The van der Waals surface area contributed by atoms with Gasteiger partial charge in [0, 0.05) is 6.54 Å². The molecule has 1 heterocycles. The SMILES string of the molecule is CC1(C)CC1CN1CC(=O)OC(=O)C1. The second-order valence-electron chi connectivity index (χ2n) is 4.91. The molecule has 1 aliphatic carbocycles. The van der Waals surface area contributed by atoms with E-state index in [-0.39, 0.29) is 13.1 Å². The zero-order chi connectivity index (χ0) is 10.3. The monoisotopic (exact) mass is 197 g/mol. The van der Waals surface area contributed by atoms with Gasteiger partial charge in [-0.05, 0) is 17.8 Å². The van der Waals surface area contributed by atoms with Gasteiger partial charge in [0.15, 0.2) is 0 Å². The van der Waals surface area contributed by atoms with Crippen LogP contribution >= 0.6 is 0 Å². The Labute approximate surface area is 83.2 Å². The van der Waals surface area contributed by atoms with Crippen LogP contribution in [-0.2, 0) is 14.3 Å². The van der Waals surface area contributed by atoms with E-state index in [0.717, 1.165) is 6.54 Å². The molecule has 0 aromatic rings. The van der Waals surface area contributed by atoms with E-state index < -0.39 is 11.9 Å². The van der Waals surface area contributed by atoms with E-state index in [1.54, 1.807) is 0 Å². The highest BCUT2D eigenvalue weighted by Gasteiger charge is 2.46. The Hall–Kier alpha value is -0.900. The molecular formula is C10H15NO3. The Morgan fingerprint density at radius 3 is 2.29 bits per heavy atom. The fourth-order valence-corrected chi connectivity index (χ4v) is 1.94. The summed E-state index contributed by atoms with van der Waals surface area (Å²) in [5.74, 6) is -0.208. The van der Waals surface area contributed by atoms with Gasteiger partial charge in [-0.15, -0.1) is 0 Å². The molecule has 0 amide bonds. The normalized spacial score (nSPS) is 31.4. The molecule has 4 heteroatoms. The number of hydrogen-bond donors (Lipinski definition) is 0. The number of esters is 2. The minimum Gasteiger partial charge on any atom is -0.391 e. The van der Waals surface area contributed by atoms with Crippen LogP contribution in [0.3, 0.4) is 0 Å². The number of carbonyl (C=O) groups is 2. The van der Waals surface area contributed by atoms with Gasteiger partial charge in [0.25, 0.3) is 0 Å². The van der Waals surface area contributed by atoms with Crippen molar-refractivity contribution in [2.24, 2.45) is 11.3 Å². The Morgan fingerprint density at radius 2 is 1.86 bits per heavy atom. The fraction of sp³-hybridized carbons (Fsp3) is 0.800. The molecular weight excluding hydrogens is 182 g/mol. The third-order valence-electron chi connectivity index (χ3n) is 3.13. The number of nitrogens with zero attached hydrogens (tertiary/aromatic N) is 1. The van der Waals surface area contributed by atoms with E-state index in [4.69, 9.17) is 0 Å². The topological polar surface area (TPSA) is 46.6 Å². The lowest BCUT2D eigenvalue weighted by molar-refractivity contribution is -0.166. The summed E-state index contributed by atoms with van der Waals surface area (Å²) in [4.78, 5) is 23.8. The Balaban J connectivity index is 1.86. The summed E-state index contributed by atoms with van der Waals surface area (Å²) in [7, 11) is 0. The van der Waals surface area contributed by atoms with Crippen molar-refractivity contribution in [2.45, 2.75) is 20.3 Å². The van der Waals surface area contributed by atoms with Gasteiger partial charge in [0.05, 0.1) is 13.1 Å². The van der Waals surface area contributed by atoms with Crippen molar-refractivity contribution >= 4 is 11.9 Å². The Bertz CT molecular complexity index is 269. The van der Waals surface area contributed by atoms with Crippen LogP contribution in [0.15, 0.2) is 0 Å². The minimum absolute atomic E-state index is 0.262. The molecule has 0 radical (unpaired) electrons. The second kappa shape index (κ2) is 3.05. The van der Waals surface area contributed by atoms with Crippen LogP contribution in [0.2, 0.25) is 0 Å². The molecule has 2 rings (SSSR count). The fourth-order valence-electron chi connectivity index (χ4n) is 1.94. The van der Waals surface area contributed by atoms with Gasteiger partial charge in [0.2, 0.25) is 0 Å². The molecule has 1 saturated carbocycles. The largest absolute Gasteiger partial charge is 0.391 e. The van der Waals surface area contributed by atoms with Gasteiger partial charge in [0.1, 0.15) is 0 Å². The molecule has 2 fully saturated rings. The van der Waals surface area contributed by atoms with Crippen LogP contribution in [0.4, 0.5) is 0 Å². The molecule has 0 aromatic heterocycles. The zero-order valence-electron chi connectivity index (χ0n) is 8.58. The summed E-state index contributed by atoms with van der Waals surface area (Å²) in [5.41, 5.74) is 0.393. The molecule has 1 aliphatic heterocycles. The molecule has 1 saturated heterocycles. The molecule has 0 spiro atoms. The van der Waals surface area contributed by atoms with Gasteiger partial charge in [-0.25, -0.2) is 0 Å². The van der Waals surface area contributed by atoms with Crippen LogP contribution in [-0.4, -0.2) is 36.5 Å². The molecule has 4 nitrogen and oxygen atoms in total. The maximum absolute atomic E-state index is 11.0. The lowest BCUT2D eigenvalue weighted by atomic mass is 10.1. The van der Waals surface area contributed by atoms with Gasteiger partial charge < -0.3 is 4.74 Å². The average Bonchev–Trinajstić information content (AvgIpc) is 2.55. The summed E-state index contributed by atoms with van der Waals surface area (Å²) < 4.78 is 4.45. The number of rotatable bonds is 2. The second-order valence-corrected chi connectivity index (χ2v) is 4.91. The maximum atomic E-state index is 11.0. The van der Waals surface area contributed by atoms with E-state index >= 15 is 0 Å². The average molecular weight is 197 g/mol. The number of morpholine rings is 1. The van der Waals surface area contributed by atoms with Gasteiger partial charge in [-0.2, -0.15) is 0 Å². The number of hydrogen-bond acceptors (Lipinski definition) is 4. The Kier molecular flexibility index (Phi) is 2.10. The first-order valence-corrected chi connectivity index (χ1v) is 4.93. The number of cyclic esters (lactones) is 2. The van der Waals surface area contributed by atoms with Crippen LogP contribution in [0.1, 0.15) is 20.3 Å². The molecule has 0 N–H and O–H groups in total. The van der Waals surface area contributed by atoms with E-state index in [0.29, 0.717) is 11.3 Å². The first kappa shape index (κ1) is 9.65. The van der Waals surface area contributed by atoms with Gasteiger partial charge in [-0.1, -0.05) is 13.8 Å². The summed E-state index contributed by atoms with van der Waals surface area (Å²) in [6.45, 7) is 5.79. The highest BCUT2D eigenvalue weighted by atomic mass is 16.6. The number of carbonyl (C=O) groups excluding carboxylic acids is 2. The van der Waals surface area contributed by atoms with E-state index in [2.05, 4.69) is 18.6 Å². The van der Waals surface area contributed by atoms with Crippen molar-refractivity contribution in [3.63, 3.8) is 0 Å². The summed E-state index contributed by atoms with van der Waals surface area (Å²) >= 11 is 0. The third kappa shape index (κ3) is 1.95.